The van der Waals surface area contributed by atoms with Crippen LogP contribution in [0.3, 0.4) is 0 Å². The summed E-state index contributed by atoms with van der Waals surface area (Å²) >= 11 is 1.38. The van der Waals surface area contributed by atoms with Crippen LogP contribution in [0.5, 0.6) is 5.88 Å². The molecular weight excluding hydrogens is 367 g/mol. The van der Waals surface area contributed by atoms with Gasteiger partial charge in [0.25, 0.3) is 5.91 Å². The summed E-state index contributed by atoms with van der Waals surface area (Å²) in [5.74, 6) is -0.254. The van der Waals surface area contributed by atoms with Gasteiger partial charge in [0.1, 0.15) is 11.1 Å². The minimum absolute atomic E-state index is 0.0923. The summed E-state index contributed by atoms with van der Waals surface area (Å²) in [6.45, 7) is 0.755. The van der Waals surface area contributed by atoms with Crippen LogP contribution < -0.4 is 4.74 Å². The van der Waals surface area contributed by atoms with Crippen LogP contribution in [0.25, 0.3) is 0 Å². The van der Waals surface area contributed by atoms with E-state index in [4.69, 9.17) is 4.74 Å². The van der Waals surface area contributed by atoms with E-state index in [1.807, 2.05) is 6.26 Å². The summed E-state index contributed by atoms with van der Waals surface area (Å²) in [5.41, 5.74) is -0.300. The minimum atomic E-state index is -4.45. The molecule has 9 heteroatoms. The first-order valence-electron chi connectivity index (χ1n) is 7.86. The quantitative estimate of drug-likeness (QED) is 0.757. The molecule has 1 unspecified atom stereocenters. The molecule has 3 heterocycles. The maximum absolute atomic E-state index is 12.8. The topological polar surface area (TPSA) is 55.3 Å². The van der Waals surface area contributed by atoms with Gasteiger partial charge in [-0.2, -0.15) is 13.2 Å². The number of carbonyl (C=O) groups is 1. The maximum Gasteiger partial charge on any atom is 0.416 e. The zero-order valence-corrected chi connectivity index (χ0v) is 14.7. The van der Waals surface area contributed by atoms with E-state index in [0.29, 0.717) is 30.1 Å². The Morgan fingerprint density at radius 1 is 1.31 bits per heavy atom. The number of nitrogens with zero attached hydrogens (tertiary/aromatic N) is 3. The first-order valence-corrected chi connectivity index (χ1v) is 9.09. The number of amides is 1. The largest absolute Gasteiger partial charge is 0.472 e. The van der Waals surface area contributed by atoms with Crippen molar-refractivity contribution in [1.29, 1.82) is 0 Å². The van der Waals surface area contributed by atoms with Crippen molar-refractivity contribution in [3.63, 3.8) is 0 Å². The summed E-state index contributed by atoms with van der Waals surface area (Å²) < 4.78 is 43.9. The molecule has 1 fully saturated rings. The van der Waals surface area contributed by atoms with Gasteiger partial charge in [-0.15, -0.1) is 11.8 Å². The Bertz CT molecular complexity index is 801. The molecule has 0 aliphatic carbocycles. The van der Waals surface area contributed by atoms with Crippen LogP contribution in [-0.2, 0) is 6.18 Å². The van der Waals surface area contributed by atoms with E-state index in [1.54, 1.807) is 23.2 Å². The number of pyridine rings is 2. The SMILES string of the molecule is CSc1ncccc1C(=O)N1CCC(Oc2cc(C(F)(F)F)ccn2)C1. The highest BCUT2D eigenvalue weighted by Crippen LogP contribution is 2.31. The van der Waals surface area contributed by atoms with Crippen molar-refractivity contribution < 1.29 is 22.7 Å². The molecule has 5 nitrogen and oxygen atoms in total. The summed E-state index contributed by atoms with van der Waals surface area (Å²) in [6, 6.07) is 5.17. The lowest BCUT2D eigenvalue weighted by atomic mass is 10.2. The number of alkyl halides is 3. The zero-order valence-electron chi connectivity index (χ0n) is 13.9. The smallest absolute Gasteiger partial charge is 0.416 e. The third kappa shape index (κ3) is 4.09. The standard InChI is InChI=1S/C17H16F3N3O2S/c1-26-15-13(3-2-6-22-15)16(24)23-8-5-12(10-23)25-14-9-11(4-7-21-14)17(18,19)20/h2-4,6-7,9,12H,5,8,10H2,1H3. The Kier molecular flexibility index (Phi) is 5.36. The van der Waals surface area contributed by atoms with Gasteiger partial charge >= 0.3 is 6.18 Å². The monoisotopic (exact) mass is 383 g/mol. The van der Waals surface area contributed by atoms with Gasteiger partial charge in [-0.25, -0.2) is 9.97 Å². The molecule has 1 aliphatic heterocycles. The lowest BCUT2D eigenvalue weighted by molar-refractivity contribution is -0.137. The number of carbonyl (C=O) groups excluding carboxylic acids is 1. The number of halogens is 3. The van der Waals surface area contributed by atoms with Crippen LogP contribution in [0.15, 0.2) is 41.7 Å². The Morgan fingerprint density at radius 3 is 2.85 bits per heavy atom. The van der Waals surface area contributed by atoms with Crippen LogP contribution >= 0.6 is 11.8 Å². The molecule has 1 atom stereocenters. The first kappa shape index (κ1) is 18.5. The lowest BCUT2D eigenvalue weighted by Crippen LogP contribution is -2.31. The normalized spacial score (nSPS) is 17.4. The van der Waals surface area contributed by atoms with Gasteiger partial charge in [-0.05, 0) is 24.5 Å². The Balaban J connectivity index is 1.67. The molecule has 2 aromatic rings. The van der Waals surface area contributed by atoms with Gasteiger partial charge in [0.15, 0.2) is 0 Å². The van der Waals surface area contributed by atoms with E-state index in [0.717, 1.165) is 18.3 Å². The molecule has 0 saturated carbocycles. The van der Waals surface area contributed by atoms with Crippen LogP contribution in [-0.4, -0.2) is 46.2 Å². The molecule has 0 spiro atoms. The van der Waals surface area contributed by atoms with Gasteiger partial charge in [0.2, 0.25) is 5.88 Å². The van der Waals surface area contributed by atoms with E-state index >= 15 is 0 Å². The molecule has 138 valence electrons. The molecular formula is C17H16F3N3O2S. The van der Waals surface area contributed by atoms with E-state index in [1.165, 1.54) is 11.8 Å². The van der Waals surface area contributed by atoms with Gasteiger partial charge in [0, 0.05) is 31.4 Å². The maximum atomic E-state index is 12.8. The lowest BCUT2D eigenvalue weighted by Gasteiger charge is -2.18. The van der Waals surface area contributed by atoms with Crippen molar-refractivity contribution in [1.82, 2.24) is 14.9 Å². The number of hydrogen-bond donors (Lipinski definition) is 0. The molecule has 1 amide bonds. The summed E-state index contributed by atoms with van der Waals surface area (Å²) in [4.78, 5) is 22.3. The summed E-state index contributed by atoms with van der Waals surface area (Å²) in [7, 11) is 0. The number of ether oxygens (including phenoxy) is 1. The second kappa shape index (κ2) is 7.53. The van der Waals surface area contributed by atoms with Crippen molar-refractivity contribution in [3.05, 3.63) is 47.8 Å². The van der Waals surface area contributed by atoms with Crippen molar-refractivity contribution >= 4 is 17.7 Å². The molecule has 1 aliphatic rings. The molecule has 2 aromatic heterocycles. The fourth-order valence-corrected chi connectivity index (χ4v) is 3.26. The molecule has 26 heavy (non-hydrogen) atoms. The van der Waals surface area contributed by atoms with Crippen molar-refractivity contribution in [3.8, 4) is 5.88 Å². The number of likely N-dealkylation sites (tertiary alicyclic amines) is 1. The van der Waals surface area contributed by atoms with Gasteiger partial charge in [-0.3, -0.25) is 4.79 Å². The second-order valence-corrected chi connectivity index (χ2v) is 6.52. The molecule has 0 N–H and O–H groups in total. The van der Waals surface area contributed by atoms with Gasteiger partial charge in [0.05, 0.1) is 17.7 Å². The Morgan fingerprint density at radius 2 is 2.12 bits per heavy atom. The fraction of sp³-hybridized carbons (Fsp3) is 0.353. The van der Waals surface area contributed by atoms with Gasteiger partial charge < -0.3 is 9.64 Å². The van der Waals surface area contributed by atoms with Crippen LogP contribution in [0.4, 0.5) is 13.2 Å². The van der Waals surface area contributed by atoms with Crippen molar-refractivity contribution in [2.45, 2.75) is 23.7 Å². The molecule has 0 bridgehead atoms. The fourth-order valence-electron chi connectivity index (χ4n) is 2.72. The highest BCUT2D eigenvalue weighted by atomic mass is 32.2. The van der Waals surface area contributed by atoms with Crippen LogP contribution in [0.2, 0.25) is 0 Å². The van der Waals surface area contributed by atoms with Crippen LogP contribution in [0, 0.1) is 0 Å². The molecule has 1 saturated heterocycles. The third-order valence-electron chi connectivity index (χ3n) is 3.98. The molecule has 0 radical (unpaired) electrons. The first-order chi connectivity index (χ1) is 12.4. The Labute approximate surface area is 152 Å². The number of thioether (sulfide) groups is 1. The van der Waals surface area contributed by atoms with E-state index in [2.05, 4.69) is 9.97 Å². The third-order valence-corrected chi connectivity index (χ3v) is 4.69. The molecule has 3 rings (SSSR count). The number of aromatic nitrogens is 2. The van der Waals surface area contributed by atoms with E-state index < -0.39 is 17.8 Å². The average Bonchev–Trinajstić information content (AvgIpc) is 3.09. The van der Waals surface area contributed by atoms with E-state index in [9.17, 15) is 18.0 Å². The average molecular weight is 383 g/mol. The van der Waals surface area contributed by atoms with E-state index in [-0.39, 0.29) is 11.8 Å². The van der Waals surface area contributed by atoms with Crippen LogP contribution in [0.1, 0.15) is 22.3 Å². The van der Waals surface area contributed by atoms with Crippen molar-refractivity contribution in [2.75, 3.05) is 19.3 Å². The predicted octanol–water partition coefficient (Wildman–Crippen LogP) is 3.51. The van der Waals surface area contributed by atoms with Crippen molar-refractivity contribution in [2.24, 2.45) is 0 Å². The second-order valence-electron chi connectivity index (χ2n) is 5.72. The number of rotatable bonds is 4. The number of hydrogen-bond acceptors (Lipinski definition) is 5. The molecule has 0 aromatic carbocycles. The highest BCUT2D eigenvalue weighted by Gasteiger charge is 2.33. The zero-order chi connectivity index (χ0) is 18.7. The Hall–Kier alpha value is -2.29. The highest BCUT2D eigenvalue weighted by molar-refractivity contribution is 7.98. The summed E-state index contributed by atoms with van der Waals surface area (Å²) in [6.07, 6.45) is 0.207. The predicted molar refractivity (Wildman–Crippen MR) is 90.2 cm³/mol. The minimum Gasteiger partial charge on any atom is -0.472 e. The van der Waals surface area contributed by atoms with Gasteiger partial charge in [-0.1, -0.05) is 0 Å². The summed E-state index contributed by atoms with van der Waals surface area (Å²) in [5, 5.41) is 0.640.